The van der Waals surface area contributed by atoms with Gasteiger partial charge in [-0.15, -0.1) is 10.2 Å². The fourth-order valence-corrected chi connectivity index (χ4v) is 4.31. The molecule has 1 unspecified atom stereocenters. The summed E-state index contributed by atoms with van der Waals surface area (Å²) in [7, 11) is -0.931. The van der Waals surface area contributed by atoms with E-state index in [1.807, 2.05) is 0 Å². The van der Waals surface area contributed by atoms with Gasteiger partial charge in [0.1, 0.15) is 11.5 Å². The number of nitrogens with zero attached hydrogens (tertiary/aromatic N) is 2. The maximum atomic E-state index is 12.7. The summed E-state index contributed by atoms with van der Waals surface area (Å²) < 4.78 is 38.2. The van der Waals surface area contributed by atoms with Gasteiger partial charge >= 0.3 is 0 Å². The molecule has 0 aliphatic heterocycles. The summed E-state index contributed by atoms with van der Waals surface area (Å²) in [4.78, 5) is 12.0. The molecule has 0 fully saturated rings. The first-order chi connectivity index (χ1) is 13.0. The molecule has 9 nitrogen and oxygen atoms in total. The third-order valence-electron chi connectivity index (χ3n) is 3.77. The van der Waals surface area contributed by atoms with E-state index in [2.05, 4.69) is 20.2 Å². The van der Waals surface area contributed by atoms with Gasteiger partial charge < -0.3 is 14.8 Å². The summed E-state index contributed by atoms with van der Waals surface area (Å²) >= 11 is 0.778. The number of ether oxygens (including phenoxy) is 2. The molecule has 0 saturated heterocycles. The minimum absolute atomic E-state index is 0.118. The van der Waals surface area contributed by atoms with Gasteiger partial charge in [-0.3, -0.25) is 4.79 Å². The van der Waals surface area contributed by atoms with E-state index in [1.165, 1.54) is 14.2 Å². The van der Waals surface area contributed by atoms with Gasteiger partial charge in [0.25, 0.3) is 10.0 Å². The quantitative estimate of drug-likeness (QED) is 0.650. The van der Waals surface area contributed by atoms with E-state index in [0.29, 0.717) is 17.1 Å². The van der Waals surface area contributed by atoms with E-state index in [-0.39, 0.29) is 15.4 Å². The second kappa shape index (κ2) is 8.41. The van der Waals surface area contributed by atoms with Crippen molar-refractivity contribution in [2.24, 2.45) is 5.41 Å². The molecule has 0 bridgehead atoms. The molecule has 0 saturated carbocycles. The molecule has 1 heterocycles. The predicted octanol–water partition coefficient (Wildman–Crippen LogP) is 2.58. The third kappa shape index (κ3) is 5.18. The standard InChI is InChI=1S/C17H24N4O5S2/c1-10(12-9-11(25-5)7-8-13(12)26-6)21-28(23,24)16-20-19-15(27-16)18-14(22)17(2,3)4/h7-10,21H,1-6H3,(H,18,19,22). The molecule has 1 amide bonds. The maximum absolute atomic E-state index is 12.7. The monoisotopic (exact) mass is 428 g/mol. The fourth-order valence-electron chi connectivity index (χ4n) is 2.18. The molecule has 0 radical (unpaired) electrons. The number of methoxy groups -OCH3 is 2. The first-order valence-corrected chi connectivity index (χ1v) is 10.7. The van der Waals surface area contributed by atoms with Crippen molar-refractivity contribution < 1.29 is 22.7 Å². The van der Waals surface area contributed by atoms with Crippen LogP contribution < -0.4 is 19.5 Å². The largest absolute Gasteiger partial charge is 0.497 e. The number of rotatable bonds is 7. The van der Waals surface area contributed by atoms with Gasteiger partial charge in [-0.05, 0) is 25.1 Å². The predicted molar refractivity (Wildman–Crippen MR) is 106 cm³/mol. The van der Waals surface area contributed by atoms with Crippen molar-refractivity contribution in [3.8, 4) is 11.5 Å². The Kier molecular flexibility index (Phi) is 6.63. The normalized spacial score (nSPS) is 13.1. The smallest absolute Gasteiger partial charge is 0.270 e. The van der Waals surface area contributed by atoms with Crippen molar-refractivity contribution in [2.75, 3.05) is 19.5 Å². The molecular formula is C17H24N4O5S2. The van der Waals surface area contributed by atoms with Crippen molar-refractivity contribution in [3.63, 3.8) is 0 Å². The fraction of sp³-hybridized carbons (Fsp3) is 0.471. The highest BCUT2D eigenvalue weighted by Crippen LogP contribution is 2.31. The van der Waals surface area contributed by atoms with Crippen LogP contribution in [0.4, 0.5) is 5.13 Å². The minimum atomic E-state index is -3.96. The SMILES string of the molecule is COc1ccc(OC)c(C(C)NS(=O)(=O)c2nnc(NC(=O)C(C)(C)C)s2)c1. The number of benzene rings is 1. The molecule has 2 rings (SSSR count). The number of nitrogens with one attached hydrogen (secondary N) is 2. The minimum Gasteiger partial charge on any atom is -0.497 e. The highest BCUT2D eigenvalue weighted by Gasteiger charge is 2.27. The van der Waals surface area contributed by atoms with Crippen LogP contribution in [0.2, 0.25) is 0 Å². The van der Waals surface area contributed by atoms with Gasteiger partial charge in [-0.1, -0.05) is 32.1 Å². The van der Waals surface area contributed by atoms with Gasteiger partial charge in [0.15, 0.2) is 0 Å². The van der Waals surface area contributed by atoms with Crippen LogP contribution in [0.5, 0.6) is 11.5 Å². The average Bonchev–Trinajstić information content (AvgIpc) is 3.09. The van der Waals surface area contributed by atoms with Gasteiger partial charge in [-0.2, -0.15) is 0 Å². The van der Waals surface area contributed by atoms with E-state index < -0.39 is 21.5 Å². The maximum Gasteiger partial charge on any atom is 0.270 e. The number of carbonyl (C=O) groups is 1. The Morgan fingerprint density at radius 1 is 1.18 bits per heavy atom. The lowest BCUT2D eigenvalue weighted by molar-refractivity contribution is -0.123. The van der Waals surface area contributed by atoms with Crippen molar-refractivity contribution in [3.05, 3.63) is 23.8 Å². The van der Waals surface area contributed by atoms with Crippen LogP contribution in [-0.2, 0) is 14.8 Å². The Morgan fingerprint density at radius 2 is 1.86 bits per heavy atom. The number of aromatic nitrogens is 2. The molecular weight excluding hydrogens is 404 g/mol. The number of hydrogen-bond acceptors (Lipinski definition) is 8. The lowest BCUT2D eigenvalue weighted by Crippen LogP contribution is -2.27. The second-order valence-corrected chi connectivity index (χ2v) is 9.89. The number of hydrogen-bond donors (Lipinski definition) is 2. The average molecular weight is 429 g/mol. The highest BCUT2D eigenvalue weighted by atomic mass is 32.2. The molecule has 1 atom stereocenters. The lowest BCUT2D eigenvalue weighted by Gasteiger charge is -2.17. The van der Waals surface area contributed by atoms with E-state index in [4.69, 9.17) is 9.47 Å². The Balaban J connectivity index is 2.21. The van der Waals surface area contributed by atoms with Gasteiger partial charge in [0.2, 0.25) is 15.4 Å². The molecule has 0 aliphatic rings. The van der Waals surface area contributed by atoms with Crippen molar-refractivity contribution in [2.45, 2.75) is 38.1 Å². The van der Waals surface area contributed by atoms with Crippen LogP contribution in [0, 0.1) is 5.41 Å². The zero-order valence-corrected chi connectivity index (χ0v) is 18.2. The van der Waals surface area contributed by atoms with Gasteiger partial charge in [-0.25, -0.2) is 13.1 Å². The van der Waals surface area contributed by atoms with Crippen LogP contribution in [-0.4, -0.2) is 38.7 Å². The Morgan fingerprint density at radius 3 is 2.43 bits per heavy atom. The number of carbonyl (C=O) groups excluding carboxylic acids is 1. The number of anilines is 1. The molecule has 1 aromatic heterocycles. The molecule has 0 aliphatic carbocycles. The van der Waals surface area contributed by atoms with Crippen LogP contribution in [0.1, 0.15) is 39.3 Å². The number of amides is 1. The summed E-state index contributed by atoms with van der Waals surface area (Å²) in [6, 6.07) is 4.50. The van der Waals surface area contributed by atoms with Crippen LogP contribution in [0.3, 0.4) is 0 Å². The summed E-state index contributed by atoms with van der Waals surface area (Å²) in [5.74, 6) is 0.811. The van der Waals surface area contributed by atoms with Crippen LogP contribution >= 0.6 is 11.3 Å². The van der Waals surface area contributed by atoms with Crippen LogP contribution in [0.15, 0.2) is 22.5 Å². The topological polar surface area (TPSA) is 120 Å². The summed E-state index contributed by atoms with van der Waals surface area (Å²) in [6.45, 7) is 6.90. The molecule has 28 heavy (non-hydrogen) atoms. The van der Waals surface area contributed by atoms with Gasteiger partial charge in [0.05, 0.1) is 14.2 Å². The summed E-state index contributed by atoms with van der Waals surface area (Å²) in [5.41, 5.74) is -0.0309. The first kappa shape index (κ1) is 22.1. The van der Waals surface area contributed by atoms with E-state index in [9.17, 15) is 13.2 Å². The second-order valence-electron chi connectivity index (χ2n) is 7.03. The molecule has 0 spiro atoms. The summed E-state index contributed by atoms with van der Waals surface area (Å²) in [6.07, 6.45) is 0. The first-order valence-electron chi connectivity index (χ1n) is 8.37. The zero-order valence-electron chi connectivity index (χ0n) is 16.6. The Hall–Kier alpha value is -2.24. The van der Waals surface area contributed by atoms with E-state index in [0.717, 1.165) is 11.3 Å². The van der Waals surface area contributed by atoms with Gasteiger partial charge in [0, 0.05) is 17.0 Å². The van der Waals surface area contributed by atoms with Crippen molar-refractivity contribution in [1.29, 1.82) is 0 Å². The van der Waals surface area contributed by atoms with Crippen LogP contribution in [0.25, 0.3) is 0 Å². The third-order valence-corrected chi connectivity index (χ3v) is 6.52. The van der Waals surface area contributed by atoms with Crippen molar-refractivity contribution >= 4 is 32.4 Å². The number of sulfonamides is 1. The summed E-state index contributed by atoms with van der Waals surface area (Å²) in [5, 5.41) is 10.1. The Bertz CT molecular complexity index is 951. The lowest BCUT2D eigenvalue weighted by atomic mass is 9.96. The molecule has 2 N–H and O–H groups in total. The van der Waals surface area contributed by atoms with E-state index >= 15 is 0 Å². The zero-order chi connectivity index (χ0) is 21.1. The Labute approximate surface area is 168 Å². The van der Waals surface area contributed by atoms with Crippen molar-refractivity contribution in [1.82, 2.24) is 14.9 Å². The molecule has 1 aromatic carbocycles. The highest BCUT2D eigenvalue weighted by molar-refractivity contribution is 7.91. The molecule has 11 heteroatoms. The van der Waals surface area contributed by atoms with E-state index in [1.54, 1.807) is 45.9 Å². The molecule has 154 valence electrons. The molecule has 2 aromatic rings.